The zero-order chi connectivity index (χ0) is 17.2. The first-order valence-corrected chi connectivity index (χ1v) is 7.55. The molecule has 7 heteroatoms. The number of ether oxygens (including phenoxy) is 1. The van der Waals surface area contributed by atoms with Crippen LogP contribution in [0.15, 0.2) is 60.8 Å². The summed E-state index contributed by atoms with van der Waals surface area (Å²) in [7, 11) is 0. The van der Waals surface area contributed by atoms with Gasteiger partial charge in [-0.3, -0.25) is 9.89 Å². The van der Waals surface area contributed by atoms with Crippen molar-refractivity contribution in [3.63, 3.8) is 0 Å². The highest BCUT2D eigenvalue weighted by Crippen LogP contribution is 2.25. The van der Waals surface area contributed by atoms with Crippen LogP contribution in [0.2, 0.25) is 0 Å². The molecule has 25 heavy (non-hydrogen) atoms. The van der Waals surface area contributed by atoms with Gasteiger partial charge in [-0.2, -0.15) is 5.10 Å². The van der Waals surface area contributed by atoms with Crippen LogP contribution in [0, 0.1) is 0 Å². The fourth-order valence-corrected chi connectivity index (χ4v) is 2.42. The van der Waals surface area contributed by atoms with E-state index in [0.717, 1.165) is 11.3 Å². The van der Waals surface area contributed by atoms with Crippen LogP contribution in [0.4, 0.5) is 0 Å². The predicted molar refractivity (Wildman–Crippen MR) is 92.2 cm³/mol. The average Bonchev–Trinajstić information content (AvgIpc) is 3.07. The van der Waals surface area contributed by atoms with Gasteiger partial charge in [0.05, 0.1) is 6.20 Å². The van der Waals surface area contributed by atoms with E-state index < -0.39 is 5.91 Å². The molecule has 2 aromatic carbocycles. The van der Waals surface area contributed by atoms with Crippen molar-refractivity contribution in [2.45, 2.75) is 0 Å². The normalized spacial score (nSPS) is 10.7. The van der Waals surface area contributed by atoms with E-state index in [9.17, 15) is 4.79 Å². The van der Waals surface area contributed by atoms with E-state index in [1.165, 1.54) is 0 Å². The Morgan fingerprint density at radius 1 is 1.00 bits per heavy atom. The highest BCUT2D eigenvalue weighted by Gasteiger charge is 2.14. The molecule has 0 aliphatic carbocycles. The number of nitrogens with zero attached hydrogens (tertiary/aromatic N) is 3. The van der Waals surface area contributed by atoms with Gasteiger partial charge < -0.3 is 10.5 Å². The summed E-state index contributed by atoms with van der Waals surface area (Å²) in [6, 6.07) is 16.9. The van der Waals surface area contributed by atoms with E-state index in [2.05, 4.69) is 20.2 Å². The number of nitrogens with two attached hydrogens (primary N) is 1. The fourth-order valence-electron chi connectivity index (χ4n) is 2.42. The maximum Gasteiger partial charge on any atom is 0.271 e. The Balaban J connectivity index is 1.64. The van der Waals surface area contributed by atoms with E-state index in [1.54, 1.807) is 6.20 Å². The zero-order valence-corrected chi connectivity index (χ0v) is 13.0. The second kappa shape index (κ2) is 6.04. The lowest BCUT2D eigenvalue weighted by atomic mass is 10.2. The molecule has 4 aromatic rings. The number of para-hydroxylation sites is 1. The molecule has 0 unspecified atom stereocenters. The van der Waals surface area contributed by atoms with Gasteiger partial charge in [0.25, 0.3) is 5.91 Å². The zero-order valence-electron chi connectivity index (χ0n) is 13.0. The minimum Gasteiger partial charge on any atom is -0.457 e. The number of hydrogen-bond donors (Lipinski definition) is 2. The quantitative estimate of drug-likeness (QED) is 0.598. The van der Waals surface area contributed by atoms with E-state index in [-0.39, 0.29) is 5.69 Å². The number of primary amides is 1. The second-order valence-corrected chi connectivity index (χ2v) is 5.33. The lowest BCUT2D eigenvalue weighted by Gasteiger charge is -2.06. The molecule has 0 saturated heterocycles. The van der Waals surface area contributed by atoms with Crippen molar-refractivity contribution in [3.05, 3.63) is 66.5 Å². The summed E-state index contributed by atoms with van der Waals surface area (Å²) < 4.78 is 5.76. The first kappa shape index (κ1) is 14.8. The molecule has 2 heterocycles. The topological polar surface area (TPSA) is 107 Å². The maximum absolute atomic E-state index is 11.4. The Labute approximate surface area is 142 Å². The molecule has 0 radical (unpaired) electrons. The van der Waals surface area contributed by atoms with Crippen LogP contribution in [-0.2, 0) is 0 Å². The third kappa shape index (κ3) is 2.90. The number of H-pyrrole nitrogens is 1. The molecule has 1 amide bonds. The van der Waals surface area contributed by atoms with Crippen LogP contribution in [0.25, 0.3) is 22.4 Å². The molecule has 0 aliphatic rings. The number of amides is 1. The van der Waals surface area contributed by atoms with Crippen molar-refractivity contribution in [2.75, 3.05) is 0 Å². The van der Waals surface area contributed by atoms with Crippen LogP contribution >= 0.6 is 0 Å². The molecule has 3 N–H and O–H groups in total. The SMILES string of the molecule is NC(=O)c1n[nH]c2cnc(-c3ccc(Oc4ccccc4)cc3)nc12. The van der Waals surface area contributed by atoms with Crippen molar-refractivity contribution in [3.8, 4) is 22.9 Å². The number of carbonyl (C=O) groups is 1. The molecule has 4 rings (SSSR count). The van der Waals surface area contributed by atoms with Gasteiger partial charge in [0.2, 0.25) is 0 Å². The standard InChI is InChI=1S/C18H13N5O2/c19-17(24)16-15-14(22-23-16)10-20-18(21-15)11-6-8-13(9-7-11)25-12-4-2-1-3-5-12/h1-10H,(H2,19,24)(H,22,23). The summed E-state index contributed by atoms with van der Waals surface area (Å²) in [5, 5.41) is 6.56. The molecule has 2 aromatic heterocycles. The van der Waals surface area contributed by atoms with Crippen molar-refractivity contribution < 1.29 is 9.53 Å². The van der Waals surface area contributed by atoms with E-state index in [1.807, 2.05) is 54.6 Å². The number of hydrogen-bond acceptors (Lipinski definition) is 5. The molecule has 7 nitrogen and oxygen atoms in total. The Hall–Kier alpha value is -3.74. The van der Waals surface area contributed by atoms with Crippen LogP contribution in [-0.4, -0.2) is 26.1 Å². The molecule has 0 saturated carbocycles. The van der Waals surface area contributed by atoms with Gasteiger partial charge in [-0.25, -0.2) is 9.97 Å². The number of nitrogens with one attached hydrogen (secondary N) is 1. The van der Waals surface area contributed by atoms with E-state index in [0.29, 0.717) is 22.6 Å². The Bertz CT molecular complexity index is 1040. The Morgan fingerprint density at radius 3 is 2.44 bits per heavy atom. The first-order chi connectivity index (χ1) is 12.2. The second-order valence-electron chi connectivity index (χ2n) is 5.33. The smallest absolute Gasteiger partial charge is 0.271 e. The van der Waals surface area contributed by atoms with Gasteiger partial charge in [0.15, 0.2) is 11.5 Å². The number of aromatic amines is 1. The minimum absolute atomic E-state index is 0.0997. The summed E-state index contributed by atoms with van der Waals surface area (Å²) >= 11 is 0. The van der Waals surface area contributed by atoms with Gasteiger partial charge in [0.1, 0.15) is 22.5 Å². The monoisotopic (exact) mass is 331 g/mol. The molecule has 0 atom stereocenters. The number of aromatic nitrogens is 4. The first-order valence-electron chi connectivity index (χ1n) is 7.55. The number of fused-ring (bicyclic) bond motifs is 1. The van der Waals surface area contributed by atoms with Gasteiger partial charge in [-0.05, 0) is 36.4 Å². The molecular weight excluding hydrogens is 318 g/mol. The Kier molecular flexibility index (Phi) is 3.59. The lowest BCUT2D eigenvalue weighted by molar-refractivity contribution is 0.0997. The molecular formula is C18H13N5O2. The van der Waals surface area contributed by atoms with Crippen molar-refractivity contribution >= 4 is 16.9 Å². The summed E-state index contributed by atoms with van der Waals surface area (Å²) in [5.74, 6) is 1.31. The van der Waals surface area contributed by atoms with Gasteiger partial charge in [-0.15, -0.1) is 0 Å². The molecule has 0 fully saturated rings. The van der Waals surface area contributed by atoms with Crippen molar-refractivity contribution in [1.82, 2.24) is 20.2 Å². The highest BCUT2D eigenvalue weighted by atomic mass is 16.5. The highest BCUT2D eigenvalue weighted by molar-refractivity contribution is 6.02. The summed E-state index contributed by atoms with van der Waals surface area (Å²) in [5.41, 5.74) is 7.16. The third-order valence-corrected chi connectivity index (χ3v) is 3.63. The molecule has 0 spiro atoms. The lowest BCUT2D eigenvalue weighted by Crippen LogP contribution is -2.12. The van der Waals surface area contributed by atoms with Crippen LogP contribution in [0.5, 0.6) is 11.5 Å². The average molecular weight is 331 g/mol. The van der Waals surface area contributed by atoms with Crippen molar-refractivity contribution in [2.24, 2.45) is 5.73 Å². The third-order valence-electron chi connectivity index (χ3n) is 3.63. The van der Waals surface area contributed by atoms with Crippen molar-refractivity contribution in [1.29, 1.82) is 0 Å². The van der Waals surface area contributed by atoms with E-state index in [4.69, 9.17) is 10.5 Å². The summed E-state index contributed by atoms with van der Waals surface area (Å²) in [6.45, 7) is 0. The van der Waals surface area contributed by atoms with Crippen LogP contribution in [0.1, 0.15) is 10.5 Å². The Morgan fingerprint density at radius 2 is 1.72 bits per heavy atom. The molecule has 122 valence electrons. The minimum atomic E-state index is -0.637. The molecule has 0 bridgehead atoms. The van der Waals surface area contributed by atoms with E-state index >= 15 is 0 Å². The number of carbonyl (C=O) groups excluding carboxylic acids is 1. The summed E-state index contributed by atoms with van der Waals surface area (Å²) in [6.07, 6.45) is 1.57. The predicted octanol–water partition coefficient (Wildman–Crippen LogP) is 2.91. The fraction of sp³-hybridized carbons (Fsp3) is 0. The largest absolute Gasteiger partial charge is 0.457 e. The summed E-state index contributed by atoms with van der Waals surface area (Å²) in [4.78, 5) is 20.1. The number of rotatable bonds is 4. The van der Waals surface area contributed by atoms with Gasteiger partial charge >= 0.3 is 0 Å². The molecule has 0 aliphatic heterocycles. The van der Waals surface area contributed by atoms with Gasteiger partial charge in [0, 0.05) is 5.56 Å². The number of benzene rings is 2. The maximum atomic E-state index is 11.4. The van der Waals surface area contributed by atoms with Crippen LogP contribution < -0.4 is 10.5 Å². The van der Waals surface area contributed by atoms with Crippen LogP contribution in [0.3, 0.4) is 0 Å². The van der Waals surface area contributed by atoms with Gasteiger partial charge in [-0.1, -0.05) is 18.2 Å².